The van der Waals surface area contributed by atoms with E-state index in [0.29, 0.717) is 5.56 Å². The molecule has 25 heavy (non-hydrogen) atoms. The first-order chi connectivity index (χ1) is 12.0. The first-order valence-corrected chi connectivity index (χ1v) is 8.58. The van der Waals surface area contributed by atoms with Crippen LogP contribution in [0.1, 0.15) is 30.9 Å². The number of benzene rings is 2. The second kappa shape index (κ2) is 5.92. The molecule has 2 atom stereocenters. The summed E-state index contributed by atoms with van der Waals surface area (Å²) in [7, 11) is 1.83. The fourth-order valence-corrected chi connectivity index (χ4v) is 4.10. The molecule has 3 nitrogen and oxygen atoms in total. The van der Waals surface area contributed by atoms with Crippen molar-refractivity contribution in [2.24, 2.45) is 0 Å². The molecule has 0 aliphatic carbocycles. The van der Waals surface area contributed by atoms with E-state index < -0.39 is 17.2 Å². The Hall–Kier alpha value is -2.27. The molecular formula is C20H20F2N2O. The number of amides is 1. The van der Waals surface area contributed by atoms with Crippen molar-refractivity contribution in [3.8, 4) is 11.1 Å². The zero-order valence-corrected chi connectivity index (χ0v) is 14.1. The van der Waals surface area contributed by atoms with Gasteiger partial charge in [0.15, 0.2) is 0 Å². The number of hydrogen-bond donors (Lipinski definition) is 1. The Morgan fingerprint density at radius 3 is 2.52 bits per heavy atom. The Bertz CT molecular complexity index is 818. The van der Waals surface area contributed by atoms with Crippen LogP contribution >= 0.6 is 0 Å². The third-order valence-corrected chi connectivity index (χ3v) is 5.48. The topological polar surface area (TPSA) is 32.3 Å². The molecule has 5 heteroatoms. The van der Waals surface area contributed by atoms with Crippen LogP contribution in [0.25, 0.3) is 11.1 Å². The highest BCUT2D eigenvalue weighted by molar-refractivity contribution is 5.88. The largest absolute Gasteiger partial charge is 0.344 e. The predicted molar refractivity (Wildman–Crippen MR) is 91.9 cm³/mol. The zero-order valence-electron chi connectivity index (χ0n) is 14.1. The van der Waals surface area contributed by atoms with Crippen LogP contribution in [0.2, 0.25) is 0 Å². The molecule has 0 aromatic heterocycles. The van der Waals surface area contributed by atoms with Crippen LogP contribution in [-0.4, -0.2) is 29.9 Å². The minimum absolute atomic E-state index is 0.00580. The summed E-state index contributed by atoms with van der Waals surface area (Å²) in [6.45, 7) is 0.763. The van der Waals surface area contributed by atoms with Gasteiger partial charge in [0, 0.05) is 19.6 Å². The highest BCUT2D eigenvalue weighted by Gasteiger charge is 2.49. The molecule has 1 spiro atoms. The molecular weight excluding hydrogens is 322 g/mol. The molecule has 2 saturated heterocycles. The average molecular weight is 342 g/mol. The standard InChI is InChI=1S/C20H20F2N2O/c1-24-11-10-20(19(24)25)9-8-17(23-20)13-4-2-5-14(12-13)18-15(21)6-3-7-16(18)22/h2-7,12,17,23H,8-11H2,1H3. The van der Waals surface area contributed by atoms with Gasteiger partial charge in [-0.25, -0.2) is 8.78 Å². The number of hydrogen-bond acceptors (Lipinski definition) is 2. The number of carbonyl (C=O) groups excluding carboxylic acids is 1. The summed E-state index contributed by atoms with van der Waals surface area (Å²) < 4.78 is 28.1. The fraction of sp³-hybridized carbons (Fsp3) is 0.350. The van der Waals surface area contributed by atoms with Crippen molar-refractivity contribution < 1.29 is 13.6 Å². The van der Waals surface area contributed by atoms with E-state index >= 15 is 0 Å². The van der Waals surface area contributed by atoms with Gasteiger partial charge in [-0.15, -0.1) is 0 Å². The van der Waals surface area contributed by atoms with Gasteiger partial charge in [0.2, 0.25) is 5.91 Å². The van der Waals surface area contributed by atoms with E-state index in [1.54, 1.807) is 11.0 Å². The van der Waals surface area contributed by atoms with Crippen LogP contribution < -0.4 is 5.32 Å². The molecule has 1 amide bonds. The van der Waals surface area contributed by atoms with Crippen LogP contribution in [0.4, 0.5) is 8.78 Å². The highest BCUT2D eigenvalue weighted by Crippen LogP contribution is 2.40. The van der Waals surface area contributed by atoms with E-state index in [1.807, 2.05) is 25.2 Å². The predicted octanol–water partition coefficient (Wildman–Crippen LogP) is 3.66. The molecule has 4 rings (SSSR count). The number of likely N-dealkylation sites (tertiary alicyclic amines) is 1. The molecule has 2 aromatic carbocycles. The van der Waals surface area contributed by atoms with Crippen LogP contribution in [0.15, 0.2) is 42.5 Å². The van der Waals surface area contributed by atoms with Gasteiger partial charge in [0.1, 0.15) is 17.2 Å². The molecule has 2 heterocycles. The van der Waals surface area contributed by atoms with Gasteiger partial charge in [0.05, 0.1) is 5.56 Å². The van der Waals surface area contributed by atoms with Crippen molar-refractivity contribution >= 4 is 5.91 Å². The van der Waals surface area contributed by atoms with Gasteiger partial charge in [-0.1, -0.05) is 24.3 Å². The Morgan fingerprint density at radius 1 is 1.12 bits per heavy atom. The molecule has 0 saturated carbocycles. The third-order valence-electron chi connectivity index (χ3n) is 5.48. The summed E-state index contributed by atoms with van der Waals surface area (Å²) in [6, 6.07) is 11.2. The molecule has 1 N–H and O–H groups in total. The highest BCUT2D eigenvalue weighted by atomic mass is 19.1. The maximum absolute atomic E-state index is 14.1. The summed E-state index contributed by atoms with van der Waals surface area (Å²) >= 11 is 0. The van der Waals surface area contributed by atoms with Crippen molar-refractivity contribution in [2.45, 2.75) is 30.8 Å². The number of carbonyl (C=O) groups is 1. The van der Waals surface area contributed by atoms with E-state index in [0.717, 1.165) is 31.4 Å². The maximum atomic E-state index is 14.1. The molecule has 2 aromatic rings. The van der Waals surface area contributed by atoms with E-state index in [9.17, 15) is 13.6 Å². The smallest absolute Gasteiger partial charge is 0.242 e. The van der Waals surface area contributed by atoms with Gasteiger partial charge in [-0.3, -0.25) is 10.1 Å². The SMILES string of the molecule is CN1CCC2(CCC(c3cccc(-c4c(F)cccc4F)c3)N2)C1=O. The lowest BCUT2D eigenvalue weighted by Crippen LogP contribution is -2.47. The van der Waals surface area contributed by atoms with Crippen molar-refractivity contribution in [2.75, 3.05) is 13.6 Å². The minimum Gasteiger partial charge on any atom is -0.344 e. The summed E-state index contributed by atoms with van der Waals surface area (Å²) in [5.41, 5.74) is 0.998. The Labute approximate surface area is 145 Å². The van der Waals surface area contributed by atoms with Crippen molar-refractivity contribution in [3.05, 3.63) is 59.7 Å². The van der Waals surface area contributed by atoms with Crippen LogP contribution in [0, 0.1) is 11.6 Å². The first kappa shape index (κ1) is 16.2. The quantitative estimate of drug-likeness (QED) is 0.903. The minimum atomic E-state index is -0.569. The summed E-state index contributed by atoms with van der Waals surface area (Å²) in [6.07, 6.45) is 2.43. The Morgan fingerprint density at radius 2 is 1.84 bits per heavy atom. The Kier molecular flexibility index (Phi) is 3.84. The number of halogens is 2. The fourth-order valence-electron chi connectivity index (χ4n) is 4.10. The summed E-state index contributed by atoms with van der Waals surface area (Å²) in [4.78, 5) is 14.2. The molecule has 2 aliphatic rings. The van der Waals surface area contributed by atoms with E-state index in [1.165, 1.54) is 18.2 Å². The number of likely N-dealkylation sites (N-methyl/N-ethyl adjacent to an activating group) is 1. The molecule has 2 fully saturated rings. The van der Waals surface area contributed by atoms with Crippen molar-refractivity contribution in [1.29, 1.82) is 0 Å². The monoisotopic (exact) mass is 342 g/mol. The van der Waals surface area contributed by atoms with Gasteiger partial charge in [-0.2, -0.15) is 0 Å². The third kappa shape index (κ3) is 2.63. The molecule has 0 bridgehead atoms. The van der Waals surface area contributed by atoms with E-state index in [2.05, 4.69) is 5.32 Å². The maximum Gasteiger partial charge on any atom is 0.242 e. The normalized spacial score (nSPS) is 26.0. The molecule has 130 valence electrons. The number of rotatable bonds is 2. The summed E-state index contributed by atoms with van der Waals surface area (Å²) in [5, 5.41) is 3.49. The average Bonchev–Trinajstić information content (AvgIpc) is 3.15. The Balaban J connectivity index is 1.64. The number of nitrogens with one attached hydrogen (secondary N) is 1. The van der Waals surface area contributed by atoms with Gasteiger partial charge in [0.25, 0.3) is 0 Å². The molecule has 2 aliphatic heterocycles. The van der Waals surface area contributed by atoms with E-state index in [-0.39, 0.29) is 17.5 Å². The van der Waals surface area contributed by atoms with Gasteiger partial charge >= 0.3 is 0 Å². The van der Waals surface area contributed by atoms with Crippen molar-refractivity contribution in [3.63, 3.8) is 0 Å². The molecule has 0 radical (unpaired) electrons. The number of nitrogens with zero attached hydrogens (tertiary/aromatic N) is 1. The first-order valence-electron chi connectivity index (χ1n) is 8.58. The van der Waals surface area contributed by atoms with Crippen LogP contribution in [-0.2, 0) is 4.79 Å². The second-order valence-corrected chi connectivity index (χ2v) is 7.02. The van der Waals surface area contributed by atoms with Gasteiger partial charge < -0.3 is 4.90 Å². The van der Waals surface area contributed by atoms with Crippen LogP contribution in [0.5, 0.6) is 0 Å². The lowest BCUT2D eigenvalue weighted by molar-refractivity contribution is -0.131. The summed E-state index contributed by atoms with van der Waals surface area (Å²) in [5.74, 6) is -0.993. The molecule has 2 unspecified atom stereocenters. The van der Waals surface area contributed by atoms with E-state index in [4.69, 9.17) is 0 Å². The van der Waals surface area contributed by atoms with Crippen molar-refractivity contribution in [1.82, 2.24) is 10.2 Å². The van der Waals surface area contributed by atoms with Gasteiger partial charge in [-0.05, 0) is 48.6 Å². The lowest BCUT2D eigenvalue weighted by atomic mass is 9.95. The second-order valence-electron chi connectivity index (χ2n) is 7.02. The lowest BCUT2D eigenvalue weighted by Gasteiger charge is -2.23. The zero-order chi connectivity index (χ0) is 17.6. The van der Waals surface area contributed by atoms with Crippen LogP contribution in [0.3, 0.4) is 0 Å².